The van der Waals surface area contributed by atoms with E-state index in [2.05, 4.69) is 17.4 Å². The fraction of sp³-hybridized carbons (Fsp3) is 0.154. The Bertz CT molecular complexity index is 536. The molecule has 2 aromatic rings. The molecule has 0 aliphatic carbocycles. The van der Waals surface area contributed by atoms with Crippen LogP contribution in [-0.4, -0.2) is 12.5 Å². The molecule has 0 bridgehead atoms. The maximum Gasteiger partial charge on any atom is 0.260 e. The van der Waals surface area contributed by atoms with Gasteiger partial charge < -0.3 is 16.8 Å². The first kappa shape index (κ1) is 12.4. The number of hydrogen-bond acceptors (Lipinski definition) is 4. The van der Waals surface area contributed by atoms with Crippen molar-refractivity contribution in [1.82, 2.24) is 0 Å². The Hall–Kier alpha value is -2.01. The molecule has 0 radical (unpaired) electrons. The van der Waals surface area contributed by atoms with Crippen LogP contribution in [0.1, 0.15) is 15.2 Å². The van der Waals surface area contributed by atoms with Crippen LogP contribution in [-0.2, 0) is 6.42 Å². The van der Waals surface area contributed by atoms with Crippen molar-refractivity contribution in [2.45, 2.75) is 6.42 Å². The summed E-state index contributed by atoms with van der Waals surface area (Å²) in [6.07, 6.45) is 0.921. The molecule has 94 valence electrons. The standard InChI is InChI=1S/C13H15N3OS/c14-10-8-11(18-12(10)13(15)17)16-7-6-9-4-2-1-3-5-9/h1-5,8,16H,6-7,14H2,(H2,15,17). The summed E-state index contributed by atoms with van der Waals surface area (Å²) in [5.74, 6) is -0.478. The Morgan fingerprint density at radius 2 is 2.00 bits per heavy atom. The zero-order chi connectivity index (χ0) is 13.0. The van der Waals surface area contributed by atoms with Crippen molar-refractivity contribution >= 4 is 27.9 Å². The number of benzene rings is 1. The first-order valence-corrected chi connectivity index (χ1v) is 6.45. The van der Waals surface area contributed by atoms with Gasteiger partial charge in [0.1, 0.15) is 4.88 Å². The largest absolute Gasteiger partial charge is 0.397 e. The predicted molar refractivity (Wildman–Crippen MR) is 75.9 cm³/mol. The van der Waals surface area contributed by atoms with Crippen LogP contribution in [0.25, 0.3) is 0 Å². The fourth-order valence-electron chi connectivity index (χ4n) is 1.66. The lowest BCUT2D eigenvalue weighted by Gasteiger charge is -2.03. The summed E-state index contributed by atoms with van der Waals surface area (Å²) < 4.78 is 0. The number of nitrogen functional groups attached to an aromatic ring is 1. The van der Waals surface area contributed by atoms with Crippen molar-refractivity contribution in [3.8, 4) is 0 Å². The Labute approximate surface area is 110 Å². The van der Waals surface area contributed by atoms with Gasteiger partial charge in [-0.05, 0) is 18.1 Å². The number of nitrogens with two attached hydrogens (primary N) is 2. The zero-order valence-corrected chi connectivity index (χ0v) is 10.7. The molecule has 0 spiro atoms. The Kier molecular flexibility index (Phi) is 3.84. The molecule has 5 N–H and O–H groups in total. The van der Waals surface area contributed by atoms with Crippen LogP contribution in [0.4, 0.5) is 10.7 Å². The molecule has 1 heterocycles. The third kappa shape index (κ3) is 3.01. The Morgan fingerprint density at radius 3 is 2.61 bits per heavy atom. The molecule has 0 fully saturated rings. The van der Waals surface area contributed by atoms with E-state index < -0.39 is 5.91 Å². The number of thiophene rings is 1. The van der Waals surface area contributed by atoms with Gasteiger partial charge in [-0.25, -0.2) is 0 Å². The summed E-state index contributed by atoms with van der Waals surface area (Å²) in [5.41, 5.74) is 12.6. The normalized spacial score (nSPS) is 10.2. The van der Waals surface area contributed by atoms with Crippen LogP contribution in [0.2, 0.25) is 0 Å². The highest BCUT2D eigenvalue weighted by atomic mass is 32.1. The Balaban J connectivity index is 1.91. The topological polar surface area (TPSA) is 81.1 Å². The molecule has 0 saturated carbocycles. The van der Waals surface area contributed by atoms with Crippen LogP contribution >= 0.6 is 11.3 Å². The molecule has 0 atom stereocenters. The van der Waals surface area contributed by atoms with Gasteiger partial charge in [-0.1, -0.05) is 30.3 Å². The van der Waals surface area contributed by atoms with Gasteiger partial charge in [0.2, 0.25) is 0 Å². The van der Waals surface area contributed by atoms with E-state index in [0.717, 1.165) is 18.0 Å². The molecule has 2 rings (SSSR count). The average molecular weight is 261 g/mol. The van der Waals surface area contributed by atoms with E-state index in [1.165, 1.54) is 16.9 Å². The average Bonchev–Trinajstić information content (AvgIpc) is 2.72. The highest BCUT2D eigenvalue weighted by Crippen LogP contribution is 2.28. The lowest BCUT2D eigenvalue weighted by atomic mass is 10.1. The molecule has 1 aromatic carbocycles. The molecule has 0 saturated heterocycles. The second kappa shape index (κ2) is 5.55. The monoisotopic (exact) mass is 261 g/mol. The van der Waals surface area contributed by atoms with Crippen LogP contribution < -0.4 is 16.8 Å². The predicted octanol–water partition coefficient (Wildman–Crippen LogP) is 2.08. The van der Waals surface area contributed by atoms with Crippen LogP contribution in [0.5, 0.6) is 0 Å². The summed E-state index contributed by atoms with van der Waals surface area (Å²) in [6.45, 7) is 0.794. The van der Waals surface area contributed by atoms with Crippen LogP contribution in [0.3, 0.4) is 0 Å². The number of primary amides is 1. The first-order chi connectivity index (χ1) is 8.66. The van der Waals surface area contributed by atoms with E-state index in [4.69, 9.17) is 11.5 Å². The van der Waals surface area contributed by atoms with Crippen LogP contribution in [0.15, 0.2) is 36.4 Å². The fourth-order valence-corrected chi connectivity index (χ4v) is 2.52. The third-order valence-electron chi connectivity index (χ3n) is 2.54. The molecule has 4 nitrogen and oxygen atoms in total. The van der Waals surface area contributed by atoms with Gasteiger partial charge >= 0.3 is 0 Å². The molecule has 1 aromatic heterocycles. The molecular formula is C13H15N3OS. The molecule has 18 heavy (non-hydrogen) atoms. The van der Waals surface area contributed by atoms with Crippen molar-refractivity contribution < 1.29 is 4.79 Å². The highest BCUT2D eigenvalue weighted by molar-refractivity contribution is 7.18. The molecule has 0 aliphatic rings. The van der Waals surface area contributed by atoms with E-state index in [9.17, 15) is 4.79 Å². The number of amides is 1. The molecule has 0 unspecified atom stereocenters. The molecule has 0 aliphatic heterocycles. The van der Waals surface area contributed by atoms with E-state index in [-0.39, 0.29) is 0 Å². The quantitative estimate of drug-likeness (QED) is 0.770. The van der Waals surface area contributed by atoms with E-state index in [1.54, 1.807) is 6.07 Å². The van der Waals surface area contributed by atoms with Crippen LogP contribution in [0, 0.1) is 0 Å². The van der Waals surface area contributed by atoms with Crippen molar-refractivity contribution in [2.75, 3.05) is 17.6 Å². The summed E-state index contributed by atoms with van der Waals surface area (Å²) in [4.78, 5) is 11.5. The molecular weight excluding hydrogens is 246 g/mol. The number of rotatable bonds is 5. The van der Waals surface area contributed by atoms with Gasteiger partial charge in [-0.3, -0.25) is 4.79 Å². The van der Waals surface area contributed by atoms with Gasteiger partial charge in [0.15, 0.2) is 0 Å². The summed E-state index contributed by atoms with van der Waals surface area (Å²) >= 11 is 1.29. The van der Waals surface area contributed by atoms with Gasteiger partial charge in [0.25, 0.3) is 5.91 Å². The van der Waals surface area contributed by atoms with E-state index >= 15 is 0 Å². The minimum absolute atomic E-state index is 0.414. The van der Waals surface area contributed by atoms with Gasteiger partial charge in [-0.15, -0.1) is 11.3 Å². The summed E-state index contributed by atoms with van der Waals surface area (Å²) in [6, 6.07) is 11.9. The second-order valence-electron chi connectivity index (χ2n) is 3.92. The second-order valence-corrected chi connectivity index (χ2v) is 4.97. The highest BCUT2D eigenvalue weighted by Gasteiger charge is 2.10. The number of carbonyl (C=O) groups excluding carboxylic acids is 1. The van der Waals surface area contributed by atoms with Crippen molar-refractivity contribution in [3.63, 3.8) is 0 Å². The number of nitrogens with one attached hydrogen (secondary N) is 1. The van der Waals surface area contributed by atoms with E-state index in [1.807, 2.05) is 18.2 Å². The third-order valence-corrected chi connectivity index (χ3v) is 3.66. The smallest absolute Gasteiger partial charge is 0.260 e. The minimum Gasteiger partial charge on any atom is -0.397 e. The lowest BCUT2D eigenvalue weighted by Crippen LogP contribution is -2.10. The maximum atomic E-state index is 11.1. The van der Waals surface area contributed by atoms with Crippen molar-refractivity contribution in [3.05, 3.63) is 46.8 Å². The van der Waals surface area contributed by atoms with Crippen molar-refractivity contribution in [1.29, 1.82) is 0 Å². The van der Waals surface area contributed by atoms with Gasteiger partial charge in [-0.2, -0.15) is 0 Å². The first-order valence-electron chi connectivity index (χ1n) is 5.63. The molecule has 1 amide bonds. The summed E-state index contributed by atoms with van der Waals surface area (Å²) in [5, 5.41) is 4.11. The maximum absolute atomic E-state index is 11.1. The molecule has 5 heteroatoms. The number of carbonyl (C=O) groups is 1. The van der Waals surface area contributed by atoms with Gasteiger partial charge in [0.05, 0.1) is 10.7 Å². The minimum atomic E-state index is -0.478. The lowest BCUT2D eigenvalue weighted by molar-refractivity contribution is 0.100. The van der Waals surface area contributed by atoms with Gasteiger partial charge in [0, 0.05) is 6.54 Å². The Morgan fingerprint density at radius 1 is 1.28 bits per heavy atom. The summed E-state index contributed by atoms with van der Waals surface area (Å²) in [7, 11) is 0. The zero-order valence-electron chi connectivity index (χ0n) is 9.85. The van der Waals surface area contributed by atoms with E-state index in [0.29, 0.717) is 10.6 Å². The number of hydrogen-bond donors (Lipinski definition) is 3. The SMILES string of the molecule is NC(=O)c1sc(NCCc2ccccc2)cc1N. The van der Waals surface area contributed by atoms with Crippen molar-refractivity contribution in [2.24, 2.45) is 5.73 Å². The number of anilines is 2.